The van der Waals surface area contributed by atoms with Crippen LogP contribution in [0.5, 0.6) is 17.2 Å². The molecule has 0 saturated heterocycles. The van der Waals surface area contributed by atoms with Crippen LogP contribution in [0.4, 0.5) is 0 Å². The molecule has 0 aromatic heterocycles. The largest absolute Gasteiger partial charge is 0.507 e. The number of ketones is 2. The highest BCUT2D eigenvalue weighted by atomic mass is 16.4. The Morgan fingerprint density at radius 3 is 2.14 bits per heavy atom. The van der Waals surface area contributed by atoms with Crippen LogP contribution in [-0.4, -0.2) is 38.0 Å². The molecule has 4 N–H and O–H groups in total. The smallest absolute Gasteiger partial charge is 0.339 e. The van der Waals surface area contributed by atoms with Crippen LogP contribution in [0.15, 0.2) is 24.3 Å². The standard InChI is InChI=1S/C15H8O7/c16-8-3-1-2-5-9(8)12(18)6-4-7(15(21)22)13(19)14(20)10(6)11(5)17/h1-4,16,19-20H,(H,21,22). The van der Waals surface area contributed by atoms with Crippen molar-refractivity contribution in [1.82, 2.24) is 0 Å². The Labute approximate surface area is 122 Å². The Balaban J connectivity index is 2.40. The first kappa shape index (κ1) is 13.6. The number of carboxylic acid groups (broad SMARTS) is 1. The summed E-state index contributed by atoms with van der Waals surface area (Å²) in [6.07, 6.45) is 0. The molecule has 0 radical (unpaired) electrons. The monoisotopic (exact) mass is 300 g/mol. The lowest BCUT2D eigenvalue weighted by Gasteiger charge is -2.20. The minimum atomic E-state index is -1.57. The average molecular weight is 300 g/mol. The summed E-state index contributed by atoms with van der Waals surface area (Å²) in [5.41, 5.74) is -1.97. The highest BCUT2D eigenvalue weighted by Gasteiger charge is 2.36. The molecule has 1 aliphatic rings. The molecule has 0 spiro atoms. The van der Waals surface area contributed by atoms with Crippen molar-refractivity contribution in [3.8, 4) is 17.2 Å². The molecule has 3 rings (SSSR count). The van der Waals surface area contributed by atoms with Gasteiger partial charge in [-0.3, -0.25) is 9.59 Å². The molecule has 0 aliphatic heterocycles. The summed E-state index contributed by atoms with van der Waals surface area (Å²) < 4.78 is 0. The predicted molar refractivity (Wildman–Crippen MR) is 71.7 cm³/mol. The Hall–Kier alpha value is -3.35. The van der Waals surface area contributed by atoms with Gasteiger partial charge < -0.3 is 20.4 Å². The number of rotatable bonds is 1. The molecule has 0 heterocycles. The number of benzene rings is 2. The Kier molecular flexibility index (Phi) is 2.68. The quantitative estimate of drug-likeness (QED) is 0.497. The molecule has 0 fully saturated rings. The third kappa shape index (κ3) is 1.59. The molecular weight excluding hydrogens is 292 g/mol. The molecule has 0 bridgehead atoms. The maximum Gasteiger partial charge on any atom is 0.339 e. The van der Waals surface area contributed by atoms with E-state index in [1.807, 2.05) is 0 Å². The number of aromatic carboxylic acids is 1. The minimum absolute atomic E-state index is 0.129. The summed E-state index contributed by atoms with van der Waals surface area (Å²) >= 11 is 0. The topological polar surface area (TPSA) is 132 Å². The normalized spacial score (nSPS) is 12.7. The molecule has 0 unspecified atom stereocenters. The van der Waals surface area contributed by atoms with Gasteiger partial charge in [0.1, 0.15) is 11.3 Å². The van der Waals surface area contributed by atoms with E-state index in [0.29, 0.717) is 0 Å². The van der Waals surface area contributed by atoms with Crippen molar-refractivity contribution in [1.29, 1.82) is 0 Å². The Morgan fingerprint density at radius 2 is 1.50 bits per heavy atom. The molecule has 1 aliphatic carbocycles. The van der Waals surface area contributed by atoms with E-state index in [0.717, 1.165) is 6.07 Å². The van der Waals surface area contributed by atoms with Gasteiger partial charge >= 0.3 is 5.97 Å². The molecule has 0 saturated carbocycles. The van der Waals surface area contributed by atoms with Crippen molar-refractivity contribution in [2.24, 2.45) is 0 Å². The number of phenols is 3. The van der Waals surface area contributed by atoms with Gasteiger partial charge in [-0.15, -0.1) is 0 Å². The molecule has 22 heavy (non-hydrogen) atoms. The third-order valence-corrected chi connectivity index (χ3v) is 3.49. The SMILES string of the molecule is O=C(O)c1cc2c(c(O)c1O)C(=O)c1cccc(O)c1C2=O. The molecule has 0 atom stereocenters. The van der Waals surface area contributed by atoms with Crippen LogP contribution in [0.25, 0.3) is 0 Å². The number of hydrogen-bond donors (Lipinski definition) is 4. The first-order valence-corrected chi connectivity index (χ1v) is 6.08. The van der Waals surface area contributed by atoms with E-state index in [1.54, 1.807) is 0 Å². The molecular formula is C15H8O7. The summed E-state index contributed by atoms with van der Waals surface area (Å²) in [6, 6.07) is 4.67. The molecule has 110 valence electrons. The summed E-state index contributed by atoms with van der Waals surface area (Å²) in [6.45, 7) is 0. The van der Waals surface area contributed by atoms with Crippen LogP contribution in [0, 0.1) is 0 Å². The van der Waals surface area contributed by atoms with Crippen molar-refractivity contribution in [2.45, 2.75) is 0 Å². The average Bonchev–Trinajstić information content (AvgIpc) is 2.46. The summed E-state index contributed by atoms with van der Waals surface area (Å²) in [7, 11) is 0. The van der Waals surface area contributed by atoms with Crippen molar-refractivity contribution in [3.05, 3.63) is 52.1 Å². The second kappa shape index (κ2) is 4.32. The summed E-state index contributed by atoms with van der Waals surface area (Å²) in [5.74, 6) is -5.55. The van der Waals surface area contributed by atoms with Gasteiger partial charge in [0.25, 0.3) is 0 Å². The van der Waals surface area contributed by atoms with Gasteiger partial charge in [0.15, 0.2) is 23.1 Å². The van der Waals surface area contributed by atoms with Gasteiger partial charge in [-0.05, 0) is 12.1 Å². The maximum absolute atomic E-state index is 12.4. The first-order chi connectivity index (χ1) is 10.3. The number of carbonyl (C=O) groups is 3. The summed E-state index contributed by atoms with van der Waals surface area (Å²) in [5, 5.41) is 38.3. The van der Waals surface area contributed by atoms with Crippen LogP contribution in [0.2, 0.25) is 0 Å². The van der Waals surface area contributed by atoms with E-state index in [1.165, 1.54) is 18.2 Å². The third-order valence-electron chi connectivity index (χ3n) is 3.49. The van der Waals surface area contributed by atoms with Gasteiger partial charge in [-0.25, -0.2) is 4.79 Å². The van der Waals surface area contributed by atoms with E-state index >= 15 is 0 Å². The summed E-state index contributed by atoms with van der Waals surface area (Å²) in [4.78, 5) is 35.8. The van der Waals surface area contributed by atoms with Gasteiger partial charge in [-0.2, -0.15) is 0 Å². The molecule has 2 aromatic rings. The predicted octanol–water partition coefficient (Wildman–Crippen LogP) is 1.28. The van der Waals surface area contributed by atoms with Gasteiger partial charge in [0, 0.05) is 11.1 Å². The second-order valence-corrected chi connectivity index (χ2v) is 4.71. The zero-order chi connectivity index (χ0) is 16.2. The molecule has 7 heteroatoms. The highest BCUT2D eigenvalue weighted by Crippen LogP contribution is 2.42. The minimum Gasteiger partial charge on any atom is -0.507 e. The van der Waals surface area contributed by atoms with Gasteiger partial charge in [0.2, 0.25) is 0 Å². The second-order valence-electron chi connectivity index (χ2n) is 4.71. The highest BCUT2D eigenvalue weighted by molar-refractivity contribution is 6.30. The number of phenolic OH excluding ortho intramolecular Hbond substituents is 2. The molecule has 2 aromatic carbocycles. The number of carbonyl (C=O) groups excluding carboxylic acids is 2. The Bertz CT molecular complexity index is 880. The molecule has 0 amide bonds. The fourth-order valence-electron chi connectivity index (χ4n) is 2.47. The fourth-order valence-corrected chi connectivity index (χ4v) is 2.47. The maximum atomic E-state index is 12.4. The van der Waals surface area contributed by atoms with E-state index in [9.17, 15) is 29.7 Å². The zero-order valence-corrected chi connectivity index (χ0v) is 10.8. The lowest BCUT2D eigenvalue weighted by Crippen LogP contribution is -2.22. The van der Waals surface area contributed by atoms with E-state index < -0.39 is 45.9 Å². The van der Waals surface area contributed by atoms with Crippen LogP contribution in [-0.2, 0) is 0 Å². The fraction of sp³-hybridized carbons (Fsp3) is 0. The van der Waals surface area contributed by atoms with Crippen LogP contribution >= 0.6 is 0 Å². The lowest BCUT2D eigenvalue weighted by molar-refractivity contribution is 0.0692. The van der Waals surface area contributed by atoms with E-state index in [-0.39, 0.29) is 16.7 Å². The first-order valence-electron chi connectivity index (χ1n) is 6.08. The van der Waals surface area contributed by atoms with Gasteiger partial charge in [0.05, 0.1) is 11.1 Å². The van der Waals surface area contributed by atoms with E-state index in [2.05, 4.69) is 0 Å². The number of fused-ring (bicyclic) bond motifs is 2. The molecule has 7 nitrogen and oxygen atoms in total. The van der Waals surface area contributed by atoms with Crippen LogP contribution in [0.3, 0.4) is 0 Å². The number of hydrogen-bond acceptors (Lipinski definition) is 6. The number of carboxylic acids is 1. The lowest BCUT2D eigenvalue weighted by atomic mass is 9.82. The number of aromatic hydroxyl groups is 3. The van der Waals surface area contributed by atoms with Crippen molar-refractivity contribution >= 4 is 17.5 Å². The zero-order valence-electron chi connectivity index (χ0n) is 10.8. The van der Waals surface area contributed by atoms with Crippen LogP contribution in [0.1, 0.15) is 42.2 Å². The van der Waals surface area contributed by atoms with Crippen molar-refractivity contribution in [3.63, 3.8) is 0 Å². The van der Waals surface area contributed by atoms with Crippen LogP contribution < -0.4 is 0 Å². The van der Waals surface area contributed by atoms with Gasteiger partial charge in [-0.1, -0.05) is 12.1 Å². The Morgan fingerprint density at radius 1 is 0.864 bits per heavy atom. The van der Waals surface area contributed by atoms with Crippen molar-refractivity contribution < 1.29 is 34.8 Å². The van der Waals surface area contributed by atoms with E-state index in [4.69, 9.17) is 5.11 Å². The van der Waals surface area contributed by atoms with Crippen molar-refractivity contribution in [2.75, 3.05) is 0 Å².